The van der Waals surface area contributed by atoms with E-state index in [0.717, 1.165) is 62.8 Å². The van der Waals surface area contributed by atoms with Gasteiger partial charge in [0.1, 0.15) is 11.9 Å². The van der Waals surface area contributed by atoms with Crippen molar-refractivity contribution in [3.63, 3.8) is 0 Å². The molecule has 8 atom stereocenters. The number of aliphatic imine (C=N–C) groups is 1. The maximum Gasteiger partial charge on any atom is 0.309 e. The molecule has 5 aliphatic carbocycles. The molecule has 6 rings (SSSR count). The Kier molecular flexibility index (Phi) is 11.6. The van der Waals surface area contributed by atoms with Crippen molar-refractivity contribution < 1.29 is 24.2 Å². The van der Waals surface area contributed by atoms with E-state index in [2.05, 4.69) is 76.8 Å². The summed E-state index contributed by atoms with van der Waals surface area (Å²) in [6.07, 6.45) is 10.8. The molecule has 4 saturated carbocycles. The smallest absolute Gasteiger partial charge is 0.309 e. The van der Waals surface area contributed by atoms with Crippen LogP contribution >= 0.6 is 11.6 Å². The van der Waals surface area contributed by atoms with Crippen LogP contribution < -0.4 is 5.73 Å². The number of aliphatic carboxylic acids is 1. The van der Waals surface area contributed by atoms with Crippen molar-refractivity contribution in [3.8, 4) is 0 Å². The first-order valence-corrected chi connectivity index (χ1v) is 21.8. The van der Waals surface area contributed by atoms with Crippen LogP contribution in [-0.4, -0.2) is 69.3 Å². The molecule has 314 valence electrons. The van der Waals surface area contributed by atoms with Crippen LogP contribution in [0.1, 0.15) is 139 Å². The van der Waals surface area contributed by atoms with Crippen molar-refractivity contribution in [2.75, 3.05) is 19.6 Å². The summed E-state index contributed by atoms with van der Waals surface area (Å²) in [5, 5.41) is 10.1. The highest BCUT2D eigenvalue weighted by atomic mass is 35.5. The Morgan fingerprint density at radius 3 is 2.30 bits per heavy atom. The van der Waals surface area contributed by atoms with Crippen LogP contribution in [-0.2, 0) is 19.1 Å². The predicted molar refractivity (Wildman–Crippen MR) is 225 cm³/mol. The number of allylic oxidation sites excluding steroid dienone is 1. The van der Waals surface area contributed by atoms with Gasteiger partial charge in [0, 0.05) is 43.9 Å². The summed E-state index contributed by atoms with van der Waals surface area (Å²) >= 11 is 6.19. The van der Waals surface area contributed by atoms with E-state index < -0.39 is 22.8 Å². The van der Waals surface area contributed by atoms with Gasteiger partial charge in [0.25, 0.3) is 0 Å². The van der Waals surface area contributed by atoms with Gasteiger partial charge < -0.3 is 20.5 Å². The van der Waals surface area contributed by atoms with E-state index in [9.17, 15) is 19.5 Å². The molecule has 5 aliphatic rings. The molecule has 0 bridgehead atoms. The van der Waals surface area contributed by atoms with Gasteiger partial charge in [-0.15, -0.1) is 0 Å². The van der Waals surface area contributed by atoms with Crippen molar-refractivity contribution in [1.29, 1.82) is 0 Å². The Morgan fingerprint density at radius 1 is 1.04 bits per heavy atom. The van der Waals surface area contributed by atoms with Crippen molar-refractivity contribution in [2.45, 2.75) is 140 Å². The maximum atomic E-state index is 14.5. The third kappa shape index (κ3) is 6.80. The van der Waals surface area contributed by atoms with Crippen LogP contribution in [0, 0.1) is 56.2 Å². The number of fused-ring (bicyclic) bond motifs is 7. The van der Waals surface area contributed by atoms with Crippen LogP contribution in [0.3, 0.4) is 0 Å². The first kappa shape index (κ1) is 43.5. The molecule has 1 heterocycles. The van der Waals surface area contributed by atoms with Gasteiger partial charge in [0.2, 0.25) is 0 Å². The molecule has 8 unspecified atom stereocenters. The Labute approximate surface area is 345 Å². The fourth-order valence-electron chi connectivity index (χ4n) is 13.4. The number of halogens is 1. The standard InChI is InChI=1S/C46H68ClN5O5/c1-12-49-39(52(22-21-48)28(4)38-50-25-29(47)26-51-38)46-20-19-44(10)30(37(46)36(27(2)3)31(53)23-46)13-14-33-43(9)17-16-34(57-35(54)24-41(5,6)40(55)56)42(7,8)32(43)15-18-45(33,44)11/h25-27,30,32-34H,4,12-24,48H2,1-3,5-11H3,(H,55,56). The molecule has 1 aromatic heterocycles. The van der Waals surface area contributed by atoms with E-state index in [0.29, 0.717) is 54.4 Å². The molecule has 0 spiro atoms. The van der Waals surface area contributed by atoms with Crippen LogP contribution in [0.15, 0.2) is 35.1 Å². The second kappa shape index (κ2) is 15.2. The number of ketones is 1. The minimum Gasteiger partial charge on any atom is -0.481 e. The summed E-state index contributed by atoms with van der Waals surface area (Å²) in [4.78, 5) is 56.0. The minimum atomic E-state index is -1.18. The lowest BCUT2D eigenvalue weighted by atomic mass is 9.33. The SMILES string of the molecule is C=C(c1ncc(Cl)cn1)N(CCN)C(=NCC)C12CCC3(C)C(CCC4C5(C)CCC(OC(=O)CC(C)(C)C(=O)O)C(C)(C)C5CCC43C)C1=C(C(C)C)C(=O)C2. The van der Waals surface area contributed by atoms with E-state index in [1.165, 1.54) is 5.57 Å². The number of nitrogens with two attached hydrogens (primary N) is 1. The topological polar surface area (TPSA) is 148 Å². The van der Waals surface area contributed by atoms with E-state index in [4.69, 9.17) is 27.1 Å². The lowest BCUT2D eigenvalue weighted by Crippen LogP contribution is -2.66. The molecule has 3 N–H and O–H groups in total. The lowest BCUT2D eigenvalue weighted by molar-refractivity contribution is -0.232. The van der Waals surface area contributed by atoms with Crippen molar-refractivity contribution in [3.05, 3.63) is 41.0 Å². The molecular weight excluding hydrogens is 738 g/mol. The second-order valence-corrected chi connectivity index (χ2v) is 20.8. The van der Waals surface area contributed by atoms with Crippen molar-refractivity contribution >= 4 is 40.9 Å². The minimum absolute atomic E-state index is 0.0128. The number of rotatable bonds is 11. The molecule has 1 aromatic rings. The molecule has 57 heavy (non-hydrogen) atoms. The third-order valence-corrected chi connectivity index (χ3v) is 16.6. The zero-order chi connectivity index (χ0) is 42.1. The monoisotopic (exact) mass is 805 g/mol. The van der Waals surface area contributed by atoms with Crippen LogP contribution in [0.4, 0.5) is 0 Å². The van der Waals surface area contributed by atoms with Crippen molar-refractivity contribution in [2.24, 2.45) is 66.9 Å². The highest BCUT2D eigenvalue weighted by Gasteiger charge is 2.71. The van der Waals surface area contributed by atoms with Crippen LogP contribution in [0.2, 0.25) is 5.02 Å². The number of nitrogens with zero attached hydrogens (tertiary/aromatic N) is 4. The number of amidine groups is 1. The Hall–Kier alpha value is -3.11. The summed E-state index contributed by atoms with van der Waals surface area (Å²) in [6.45, 7) is 27.6. The average Bonchev–Trinajstić information content (AvgIpc) is 3.44. The molecule has 11 heteroatoms. The number of carbonyl (C=O) groups excluding carboxylic acids is 2. The van der Waals surface area contributed by atoms with E-state index in [1.54, 1.807) is 26.2 Å². The molecule has 0 amide bonds. The summed E-state index contributed by atoms with van der Waals surface area (Å²) < 4.78 is 6.20. The second-order valence-electron chi connectivity index (χ2n) is 20.4. The number of aromatic nitrogens is 2. The number of carboxylic acid groups (broad SMARTS) is 1. The summed E-state index contributed by atoms with van der Waals surface area (Å²) in [7, 11) is 0. The predicted octanol–water partition coefficient (Wildman–Crippen LogP) is 9.17. The Morgan fingerprint density at radius 2 is 1.70 bits per heavy atom. The number of ether oxygens (including phenoxy) is 1. The van der Waals surface area contributed by atoms with Crippen LogP contribution in [0.25, 0.3) is 5.70 Å². The Bertz CT molecular complexity index is 1850. The van der Waals surface area contributed by atoms with Gasteiger partial charge in [0.05, 0.1) is 28.0 Å². The van der Waals surface area contributed by atoms with E-state index >= 15 is 0 Å². The average molecular weight is 807 g/mol. The van der Waals surface area contributed by atoms with E-state index in [-0.39, 0.29) is 51.8 Å². The number of hydrogen-bond donors (Lipinski definition) is 2. The molecule has 0 saturated heterocycles. The normalized spacial score (nSPS) is 34.9. The first-order chi connectivity index (χ1) is 26.6. The molecule has 0 aliphatic heterocycles. The highest BCUT2D eigenvalue weighted by Crippen LogP contribution is 2.77. The van der Waals surface area contributed by atoms with Gasteiger partial charge in [-0.3, -0.25) is 19.4 Å². The molecule has 0 radical (unpaired) electrons. The number of carboxylic acids is 1. The Balaban J connectivity index is 1.37. The molecule has 10 nitrogen and oxygen atoms in total. The summed E-state index contributed by atoms with van der Waals surface area (Å²) in [5.41, 5.74) is 7.18. The maximum absolute atomic E-state index is 14.5. The zero-order valence-corrected chi connectivity index (χ0v) is 37.0. The lowest BCUT2D eigenvalue weighted by Gasteiger charge is -2.72. The fourth-order valence-corrected chi connectivity index (χ4v) is 13.5. The van der Waals surface area contributed by atoms with Gasteiger partial charge in [0.15, 0.2) is 11.6 Å². The zero-order valence-electron chi connectivity index (χ0n) is 36.3. The van der Waals surface area contributed by atoms with Gasteiger partial charge in [-0.1, -0.05) is 66.6 Å². The largest absolute Gasteiger partial charge is 0.481 e. The molecule has 0 aromatic carbocycles. The van der Waals surface area contributed by atoms with Gasteiger partial charge in [-0.05, 0) is 123 Å². The summed E-state index contributed by atoms with van der Waals surface area (Å²) in [6, 6.07) is 0. The number of Topliss-reactive ketones (excluding diaryl/α,β-unsaturated/α-hetero) is 1. The number of hydrogen-bond acceptors (Lipinski definition) is 8. The summed E-state index contributed by atoms with van der Waals surface area (Å²) in [5.74, 6) is 1.22. The number of carbonyl (C=O) groups is 3. The highest BCUT2D eigenvalue weighted by molar-refractivity contribution is 6.30. The van der Waals surface area contributed by atoms with Gasteiger partial charge >= 0.3 is 11.9 Å². The molecule has 4 fully saturated rings. The van der Waals surface area contributed by atoms with Crippen molar-refractivity contribution in [1.82, 2.24) is 14.9 Å². The quantitative estimate of drug-likeness (QED) is 0.127. The van der Waals surface area contributed by atoms with E-state index in [1.807, 2.05) is 0 Å². The van der Waals surface area contributed by atoms with Gasteiger partial charge in [-0.2, -0.15) is 0 Å². The fraction of sp³-hybridized carbons (Fsp3) is 0.739. The molecular formula is C46H68ClN5O5. The van der Waals surface area contributed by atoms with Crippen LogP contribution in [0.5, 0.6) is 0 Å². The number of esters is 1. The van der Waals surface area contributed by atoms with Gasteiger partial charge in [-0.25, -0.2) is 9.97 Å². The third-order valence-electron chi connectivity index (χ3n) is 16.4. The first-order valence-electron chi connectivity index (χ1n) is 21.5.